The molecule has 2 aromatic rings. The molecular formula is C13H14Cl2N4O. The van der Waals surface area contributed by atoms with Crippen LogP contribution in [0.5, 0.6) is 0 Å². The quantitative estimate of drug-likeness (QED) is 0.894. The second-order valence-corrected chi connectivity index (χ2v) is 4.73. The predicted octanol–water partition coefficient (Wildman–Crippen LogP) is 2.31. The fourth-order valence-corrected chi connectivity index (χ4v) is 2.31. The molecule has 0 aliphatic carbocycles. The average molecular weight is 313 g/mol. The van der Waals surface area contributed by atoms with Crippen molar-refractivity contribution in [2.45, 2.75) is 13.1 Å². The summed E-state index contributed by atoms with van der Waals surface area (Å²) in [7, 11) is 0. The van der Waals surface area contributed by atoms with Crippen LogP contribution in [0.25, 0.3) is 0 Å². The number of anilines is 1. The lowest BCUT2D eigenvalue weighted by Crippen LogP contribution is -2.30. The Kier molecular flexibility index (Phi) is 4.65. The van der Waals surface area contributed by atoms with Crippen LogP contribution in [0, 0.1) is 0 Å². The van der Waals surface area contributed by atoms with Crippen LogP contribution in [0.4, 0.5) is 5.69 Å². The van der Waals surface area contributed by atoms with E-state index in [0.29, 0.717) is 22.9 Å². The maximum atomic E-state index is 12.2. The number of nitrogens with one attached hydrogen (secondary N) is 2. The Bertz CT molecular complexity index is 627. The summed E-state index contributed by atoms with van der Waals surface area (Å²) in [4.78, 5) is 16.5. The van der Waals surface area contributed by atoms with Gasteiger partial charge in [-0.05, 0) is 12.1 Å². The lowest BCUT2D eigenvalue weighted by Gasteiger charge is -2.17. The zero-order valence-corrected chi connectivity index (χ0v) is 12.2. The van der Waals surface area contributed by atoms with Crippen LogP contribution in [0.2, 0.25) is 5.02 Å². The van der Waals surface area contributed by atoms with Crippen LogP contribution < -0.4 is 10.6 Å². The van der Waals surface area contributed by atoms with Gasteiger partial charge in [-0.3, -0.25) is 4.79 Å². The van der Waals surface area contributed by atoms with Gasteiger partial charge in [-0.2, -0.15) is 0 Å². The van der Waals surface area contributed by atoms with E-state index in [-0.39, 0.29) is 18.3 Å². The highest BCUT2D eigenvalue weighted by Crippen LogP contribution is 2.21. The molecule has 1 aromatic heterocycles. The Morgan fingerprint density at radius 2 is 2.20 bits per heavy atom. The van der Waals surface area contributed by atoms with Crippen molar-refractivity contribution in [3.05, 3.63) is 47.0 Å². The first-order chi connectivity index (χ1) is 9.25. The fraction of sp³-hybridized carbons (Fsp3) is 0.231. The normalized spacial score (nSPS) is 13.2. The third-order valence-corrected chi connectivity index (χ3v) is 3.42. The van der Waals surface area contributed by atoms with Crippen LogP contribution in [-0.2, 0) is 13.1 Å². The lowest BCUT2D eigenvalue weighted by atomic mass is 10.3. The first kappa shape index (κ1) is 14.8. The number of benzene rings is 1. The minimum absolute atomic E-state index is 0. The Morgan fingerprint density at radius 3 is 3.00 bits per heavy atom. The molecule has 5 nitrogen and oxygen atoms in total. The van der Waals surface area contributed by atoms with Crippen molar-refractivity contribution in [2.24, 2.45) is 0 Å². The largest absolute Gasteiger partial charge is 0.322 e. The summed E-state index contributed by atoms with van der Waals surface area (Å²) in [6.45, 7) is 2.29. The third-order valence-electron chi connectivity index (χ3n) is 3.09. The van der Waals surface area contributed by atoms with Gasteiger partial charge in [0, 0.05) is 13.1 Å². The van der Waals surface area contributed by atoms with E-state index in [0.717, 1.165) is 18.9 Å². The zero-order chi connectivity index (χ0) is 13.2. The first-order valence-electron chi connectivity index (χ1n) is 6.07. The number of imidazole rings is 1. The van der Waals surface area contributed by atoms with Gasteiger partial charge in [-0.15, -0.1) is 12.4 Å². The number of hydrogen-bond donors (Lipinski definition) is 2. The highest BCUT2D eigenvalue weighted by Gasteiger charge is 2.19. The smallest absolute Gasteiger partial charge is 0.273 e. The molecule has 1 amide bonds. The van der Waals surface area contributed by atoms with Crippen molar-refractivity contribution in [3.8, 4) is 0 Å². The number of para-hydroxylation sites is 1. The molecule has 106 valence electrons. The number of nitrogens with zero attached hydrogens (tertiary/aromatic N) is 2. The highest BCUT2D eigenvalue weighted by molar-refractivity contribution is 6.33. The molecule has 0 saturated heterocycles. The molecule has 0 fully saturated rings. The second kappa shape index (κ2) is 6.26. The fourth-order valence-electron chi connectivity index (χ4n) is 2.13. The molecule has 0 saturated carbocycles. The monoisotopic (exact) mass is 312 g/mol. The van der Waals surface area contributed by atoms with E-state index in [1.54, 1.807) is 18.3 Å². The summed E-state index contributed by atoms with van der Waals surface area (Å²) < 4.78 is 1.93. The first-order valence-corrected chi connectivity index (χ1v) is 6.44. The lowest BCUT2D eigenvalue weighted by molar-refractivity contribution is 0.101. The van der Waals surface area contributed by atoms with Gasteiger partial charge in [0.1, 0.15) is 11.5 Å². The maximum absolute atomic E-state index is 12.2. The minimum Gasteiger partial charge on any atom is -0.322 e. The van der Waals surface area contributed by atoms with Gasteiger partial charge in [0.15, 0.2) is 0 Å². The number of rotatable bonds is 2. The average Bonchev–Trinajstić information content (AvgIpc) is 2.85. The van der Waals surface area contributed by atoms with Crippen LogP contribution >= 0.6 is 24.0 Å². The summed E-state index contributed by atoms with van der Waals surface area (Å²) in [5.41, 5.74) is 1.18. The standard InChI is InChI=1S/C13H13ClN4O.ClH/c14-9-3-1-2-4-10(9)17-13(19)11-7-16-12-8-15-5-6-18(11)12;/h1-4,7,15H,5-6,8H2,(H,17,19);1H. The molecule has 1 aliphatic heterocycles. The molecule has 0 spiro atoms. The SMILES string of the molecule is Cl.O=C(Nc1ccccc1Cl)c1cnc2n1CCNC2. The van der Waals surface area contributed by atoms with E-state index >= 15 is 0 Å². The topological polar surface area (TPSA) is 59.0 Å². The Labute approximate surface area is 127 Å². The molecular weight excluding hydrogens is 299 g/mol. The molecule has 7 heteroatoms. The summed E-state index contributed by atoms with van der Waals surface area (Å²) >= 11 is 6.03. The molecule has 20 heavy (non-hydrogen) atoms. The molecule has 0 atom stereocenters. The van der Waals surface area contributed by atoms with Crippen LogP contribution in [-0.4, -0.2) is 22.0 Å². The van der Waals surface area contributed by atoms with Crippen LogP contribution in [0.15, 0.2) is 30.5 Å². The second-order valence-electron chi connectivity index (χ2n) is 4.32. The third kappa shape index (κ3) is 2.80. The van der Waals surface area contributed by atoms with Gasteiger partial charge in [-0.1, -0.05) is 23.7 Å². The van der Waals surface area contributed by atoms with Gasteiger partial charge >= 0.3 is 0 Å². The van der Waals surface area contributed by atoms with Gasteiger partial charge in [0.2, 0.25) is 0 Å². The van der Waals surface area contributed by atoms with Crippen molar-refractivity contribution in [1.82, 2.24) is 14.9 Å². The molecule has 2 N–H and O–H groups in total. The van der Waals surface area contributed by atoms with Crippen LogP contribution in [0.1, 0.15) is 16.3 Å². The van der Waals surface area contributed by atoms with Crippen molar-refractivity contribution in [1.29, 1.82) is 0 Å². The molecule has 0 unspecified atom stereocenters. The van der Waals surface area contributed by atoms with Crippen molar-refractivity contribution in [2.75, 3.05) is 11.9 Å². The number of fused-ring (bicyclic) bond motifs is 1. The van der Waals surface area contributed by atoms with Gasteiger partial charge in [0.25, 0.3) is 5.91 Å². The molecule has 1 aromatic carbocycles. The zero-order valence-electron chi connectivity index (χ0n) is 10.6. The summed E-state index contributed by atoms with van der Waals surface area (Å²) in [5, 5.41) is 6.55. The molecule has 0 bridgehead atoms. The molecule has 2 heterocycles. The summed E-state index contributed by atoms with van der Waals surface area (Å²) in [5.74, 6) is 0.698. The predicted molar refractivity (Wildman–Crippen MR) is 80.6 cm³/mol. The Balaban J connectivity index is 0.00000147. The van der Waals surface area contributed by atoms with Crippen molar-refractivity contribution < 1.29 is 4.79 Å². The number of aromatic nitrogens is 2. The van der Waals surface area contributed by atoms with Crippen LogP contribution in [0.3, 0.4) is 0 Å². The summed E-state index contributed by atoms with van der Waals surface area (Å²) in [6, 6.07) is 7.17. The number of carbonyl (C=O) groups is 1. The number of carbonyl (C=O) groups excluding carboxylic acids is 1. The van der Waals surface area contributed by atoms with Gasteiger partial charge < -0.3 is 15.2 Å². The van der Waals surface area contributed by atoms with Crippen molar-refractivity contribution >= 4 is 35.6 Å². The number of halogens is 2. The number of amides is 1. The van der Waals surface area contributed by atoms with Gasteiger partial charge in [0.05, 0.1) is 23.5 Å². The van der Waals surface area contributed by atoms with E-state index in [1.807, 2.05) is 16.7 Å². The Hall–Kier alpha value is -1.56. The minimum atomic E-state index is -0.186. The van der Waals surface area contributed by atoms with Crippen molar-refractivity contribution in [3.63, 3.8) is 0 Å². The summed E-state index contributed by atoms with van der Waals surface area (Å²) in [6.07, 6.45) is 1.61. The number of hydrogen-bond acceptors (Lipinski definition) is 3. The maximum Gasteiger partial charge on any atom is 0.273 e. The molecule has 0 radical (unpaired) electrons. The van der Waals surface area contributed by atoms with E-state index < -0.39 is 0 Å². The highest BCUT2D eigenvalue weighted by atomic mass is 35.5. The van der Waals surface area contributed by atoms with E-state index in [9.17, 15) is 4.79 Å². The Morgan fingerprint density at radius 1 is 1.40 bits per heavy atom. The van der Waals surface area contributed by atoms with E-state index in [2.05, 4.69) is 15.6 Å². The molecule has 3 rings (SSSR count). The van der Waals surface area contributed by atoms with E-state index in [4.69, 9.17) is 11.6 Å². The molecule has 1 aliphatic rings. The van der Waals surface area contributed by atoms with Gasteiger partial charge in [-0.25, -0.2) is 4.98 Å². The van der Waals surface area contributed by atoms with E-state index in [1.165, 1.54) is 0 Å².